The van der Waals surface area contributed by atoms with Crippen LogP contribution >= 0.6 is 0 Å². The van der Waals surface area contributed by atoms with Crippen molar-refractivity contribution in [2.24, 2.45) is 5.92 Å². The number of sulfonamides is 1. The van der Waals surface area contributed by atoms with E-state index in [4.69, 9.17) is 0 Å². The topological polar surface area (TPSA) is 95.6 Å². The first-order valence-corrected chi connectivity index (χ1v) is 9.87. The lowest BCUT2D eigenvalue weighted by Crippen LogP contribution is -2.58. The molecule has 8 heteroatoms. The molecule has 0 aromatic heterocycles. The molecular weight excluding hydrogens is 342 g/mol. The minimum atomic E-state index is -3.83. The summed E-state index contributed by atoms with van der Waals surface area (Å²) >= 11 is 0. The van der Waals surface area contributed by atoms with Gasteiger partial charge in [0.15, 0.2) is 0 Å². The summed E-state index contributed by atoms with van der Waals surface area (Å²) in [6, 6.07) is 6.93. The molecule has 25 heavy (non-hydrogen) atoms. The minimum absolute atomic E-state index is 0.120. The highest BCUT2D eigenvalue weighted by molar-refractivity contribution is 7.89. The third-order valence-corrected chi connectivity index (χ3v) is 5.98. The molecule has 2 amide bonds. The summed E-state index contributed by atoms with van der Waals surface area (Å²) in [5, 5.41) is 5.39. The SMILES string of the molecule is CC(C)CCNC(=O)C[C@@H]1C(=O)NCCN1S(=O)(=O)c1ccccc1. The zero-order valence-electron chi connectivity index (χ0n) is 14.6. The molecule has 0 spiro atoms. The van der Waals surface area contributed by atoms with Crippen LogP contribution in [0.4, 0.5) is 0 Å². The van der Waals surface area contributed by atoms with Gasteiger partial charge in [0.2, 0.25) is 21.8 Å². The highest BCUT2D eigenvalue weighted by Crippen LogP contribution is 2.21. The molecule has 0 unspecified atom stereocenters. The number of amides is 2. The van der Waals surface area contributed by atoms with Crippen LogP contribution in [0.3, 0.4) is 0 Å². The predicted octanol–water partition coefficient (Wildman–Crippen LogP) is 0.728. The number of hydrogen-bond donors (Lipinski definition) is 2. The number of nitrogens with one attached hydrogen (secondary N) is 2. The Morgan fingerprint density at radius 3 is 2.64 bits per heavy atom. The first-order valence-electron chi connectivity index (χ1n) is 8.43. The van der Waals surface area contributed by atoms with Gasteiger partial charge < -0.3 is 10.6 Å². The van der Waals surface area contributed by atoms with Gasteiger partial charge in [-0.1, -0.05) is 32.0 Å². The molecule has 0 bridgehead atoms. The monoisotopic (exact) mass is 367 g/mol. The van der Waals surface area contributed by atoms with Gasteiger partial charge >= 0.3 is 0 Å². The molecule has 1 aromatic carbocycles. The van der Waals surface area contributed by atoms with Crippen molar-refractivity contribution in [3.8, 4) is 0 Å². The standard InChI is InChI=1S/C17H25N3O4S/c1-13(2)8-9-18-16(21)12-15-17(22)19-10-11-20(15)25(23,24)14-6-4-3-5-7-14/h3-7,13,15H,8-12H2,1-2H3,(H,18,21)(H,19,22)/t15-/m1/s1. The number of piperazine rings is 1. The predicted molar refractivity (Wildman–Crippen MR) is 94.2 cm³/mol. The van der Waals surface area contributed by atoms with Crippen molar-refractivity contribution in [1.82, 2.24) is 14.9 Å². The molecule has 1 saturated heterocycles. The van der Waals surface area contributed by atoms with E-state index in [1.807, 2.05) is 0 Å². The van der Waals surface area contributed by atoms with Crippen molar-refractivity contribution >= 4 is 21.8 Å². The van der Waals surface area contributed by atoms with E-state index in [1.165, 1.54) is 12.1 Å². The Bertz CT molecular complexity index is 704. The summed E-state index contributed by atoms with van der Waals surface area (Å²) in [7, 11) is -3.83. The van der Waals surface area contributed by atoms with Crippen LogP contribution in [0, 0.1) is 5.92 Å². The second kappa shape index (κ2) is 8.44. The average molecular weight is 367 g/mol. The molecule has 0 saturated carbocycles. The lowest BCUT2D eigenvalue weighted by molar-refractivity contribution is -0.131. The summed E-state index contributed by atoms with van der Waals surface area (Å²) in [6.07, 6.45) is 0.643. The summed E-state index contributed by atoms with van der Waals surface area (Å²) in [4.78, 5) is 24.5. The van der Waals surface area contributed by atoms with Gasteiger partial charge in [0.05, 0.1) is 11.3 Å². The largest absolute Gasteiger partial charge is 0.356 e. The van der Waals surface area contributed by atoms with Crippen molar-refractivity contribution in [3.63, 3.8) is 0 Å². The van der Waals surface area contributed by atoms with Crippen LogP contribution in [0.2, 0.25) is 0 Å². The molecule has 0 aliphatic carbocycles. The van der Waals surface area contributed by atoms with Crippen LogP contribution in [-0.2, 0) is 19.6 Å². The Kier molecular flexibility index (Phi) is 6.55. The summed E-state index contributed by atoms with van der Waals surface area (Å²) in [6.45, 7) is 4.99. The lowest BCUT2D eigenvalue weighted by atomic mass is 10.1. The molecule has 1 aliphatic rings. The highest BCUT2D eigenvalue weighted by atomic mass is 32.2. The second-order valence-electron chi connectivity index (χ2n) is 6.47. The minimum Gasteiger partial charge on any atom is -0.356 e. The highest BCUT2D eigenvalue weighted by Gasteiger charge is 2.39. The zero-order valence-corrected chi connectivity index (χ0v) is 15.4. The van der Waals surface area contributed by atoms with E-state index in [1.54, 1.807) is 18.2 Å². The Morgan fingerprint density at radius 2 is 2.00 bits per heavy atom. The van der Waals surface area contributed by atoms with Crippen molar-refractivity contribution < 1.29 is 18.0 Å². The fourth-order valence-corrected chi connectivity index (χ4v) is 4.26. The van der Waals surface area contributed by atoms with Gasteiger partial charge in [-0.05, 0) is 24.5 Å². The van der Waals surface area contributed by atoms with Gasteiger partial charge in [0.1, 0.15) is 6.04 Å². The zero-order chi connectivity index (χ0) is 18.4. The van der Waals surface area contributed by atoms with Crippen molar-refractivity contribution in [1.29, 1.82) is 0 Å². The smallest absolute Gasteiger partial charge is 0.243 e. The van der Waals surface area contributed by atoms with E-state index in [0.29, 0.717) is 12.5 Å². The van der Waals surface area contributed by atoms with Gasteiger partial charge in [-0.2, -0.15) is 4.31 Å². The van der Waals surface area contributed by atoms with E-state index < -0.39 is 22.0 Å². The Hall–Kier alpha value is -1.93. The molecule has 0 radical (unpaired) electrons. The second-order valence-corrected chi connectivity index (χ2v) is 8.36. The van der Waals surface area contributed by atoms with E-state index in [-0.39, 0.29) is 30.3 Å². The molecule has 2 N–H and O–H groups in total. The molecule has 138 valence electrons. The fraction of sp³-hybridized carbons (Fsp3) is 0.529. The van der Waals surface area contributed by atoms with Gasteiger partial charge in [-0.3, -0.25) is 9.59 Å². The van der Waals surface area contributed by atoms with Gasteiger partial charge in [0, 0.05) is 19.6 Å². The molecule has 7 nitrogen and oxygen atoms in total. The first-order chi connectivity index (χ1) is 11.8. The Balaban J connectivity index is 2.13. The molecule has 1 fully saturated rings. The van der Waals surface area contributed by atoms with Crippen LogP contribution < -0.4 is 10.6 Å². The normalized spacial score (nSPS) is 18.8. The van der Waals surface area contributed by atoms with Gasteiger partial charge in [0.25, 0.3) is 0 Å². The number of rotatable bonds is 7. The van der Waals surface area contributed by atoms with Crippen LogP contribution in [0.1, 0.15) is 26.7 Å². The third kappa shape index (κ3) is 5.02. The fourth-order valence-electron chi connectivity index (χ4n) is 2.65. The average Bonchev–Trinajstić information content (AvgIpc) is 2.57. The number of carbonyl (C=O) groups excluding carboxylic acids is 2. The van der Waals surface area contributed by atoms with Crippen LogP contribution in [-0.4, -0.2) is 50.2 Å². The van der Waals surface area contributed by atoms with E-state index in [9.17, 15) is 18.0 Å². The quantitative estimate of drug-likeness (QED) is 0.743. The van der Waals surface area contributed by atoms with Crippen LogP contribution in [0.5, 0.6) is 0 Å². The Morgan fingerprint density at radius 1 is 1.32 bits per heavy atom. The van der Waals surface area contributed by atoms with Crippen molar-refractivity contribution in [3.05, 3.63) is 30.3 Å². The molecular formula is C17H25N3O4S. The number of hydrogen-bond acceptors (Lipinski definition) is 4. The number of nitrogens with zero attached hydrogens (tertiary/aromatic N) is 1. The van der Waals surface area contributed by atoms with Gasteiger partial charge in [-0.15, -0.1) is 0 Å². The summed E-state index contributed by atoms with van der Waals surface area (Å²) in [5.41, 5.74) is 0. The third-order valence-electron chi connectivity index (χ3n) is 4.05. The molecule has 2 rings (SSSR count). The van der Waals surface area contributed by atoms with E-state index in [2.05, 4.69) is 24.5 Å². The maximum absolute atomic E-state index is 12.8. The summed E-state index contributed by atoms with van der Waals surface area (Å²) in [5.74, 6) is -0.311. The molecule has 1 aliphatic heterocycles. The lowest BCUT2D eigenvalue weighted by Gasteiger charge is -2.33. The van der Waals surface area contributed by atoms with E-state index in [0.717, 1.165) is 10.7 Å². The van der Waals surface area contributed by atoms with Crippen molar-refractivity contribution in [2.75, 3.05) is 19.6 Å². The van der Waals surface area contributed by atoms with Gasteiger partial charge in [-0.25, -0.2) is 8.42 Å². The molecule has 1 heterocycles. The summed E-state index contributed by atoms with van der Waals surface area (Å²) < 4.78 is 26.8. The molecule has 1 atom stereocenters. The Labute approximate surface area is 148 Å². The van der Waals surface area contributed by atoms with Crippen LogP contribution in [0.25, 0.3) is 0 Å². The number of benzene rings is 1. The maximum atomic E-state index is 12.8. The number of carbonyl (C=O) groups is 2. The van der Waals surface area contributed by atoms with Crippen molar-refractivity contribution in [2.45, 2.75) is 37.6 Å². The molecule has 1 aromatic rings. The first kappa shape index (κ1) is 19.4. The van der Waals surface area contributed by atoms with Crippen LogP contribution in [0.15, 0.2) is 35.2 Å². The maximum Gasteiger partial charge on any atom is 0.243 e. The van der Waals surface area contributed by atoms with E-state index >= 15 is 0 Å².